The van der Waals surface area contributed by atoms with Crippen LogP contribution in [0.1, 0.15) is 10.4 Å². The topological polar surface area (TPSA) is 91.9 Å². The summed E-state index contributed by atoms with van der Waals surface area (Å²) < 4.78 is 55.1. The molecule has 0 bridgehead atoms. The summed E-state index contributed by atoms with van der Waals surface area (Å²) in [4.78, 5) is 18.5. The van der Waals surface area contributed by atoms with Gasteiger partial charge in [-0.1, -0.05) is 17.7 Å². The minimum atomic E-state index is -4.08. The highest BCUT2D eigenvalue weighted by Gasteiger charge is 2.23. The Kier molecular flexibility index (Phi) is 5.36. The first-order valence-corrected chi connectivity index (χ1v) is 9.41. The van der Waals surface area contributed by atoms with Crippen LogP contribution in [0.4, 0.5) is 8.78 Å². The lowest BCUT2D eigenvalue weighted by molar-refractivity contribution is 0.0989. The first kappa shape index (κ1) is 19.2. The average molecular weight is 412 g/mol. The van der Waals surface area contributed by atoms with Crippen LogP contribution in [-0.2, 0) is 10.0 Å². The van der Waals surface area contributed by atoms with Crippen molar-refractivity contribution in [2.24, 2.45) is 0 Å². The minimum Gasteiger partial charge on any atom is -0.345 e. The Balaban J connectivity index is 1.86. The van der Waals surface area contributed by atoms with E-state index in [2.05, 4.69) is 9.97 Å². The molecule has 0 spiro atoms. The number of carbonyl (C=O) groups is 1. The van der Waals surface area contributed by atoms with Gasteiger partial charge in [0.2, 0.25) is 10.0 Å². The number of ketones is 1. The molecule has 0 amide bonds. The van der Waals surface area contributed by atoms with Crippen LogP contribution in [0, 0.1) is 11.6 Å². The van der Waals surface area contributed by atoms with Gasteiger partial charge in [-0.15, -0.1) is 0 Å². The minimum absolute atomic E-state index is 0.0602. The Labute approximate surface area is 158 Å². The summed E-state index contributed by atoms with van der Waals surface area (Å²) in [7, 11) is -4.08. The number of rotatable bonds is 6. The number of carbonyl (C=O) groups excluding carboxylic acids is 1. The number of H-pyrrole nitrogens is 1. The number of hydrogen-bond donors (Lipinski definition) is 2. The summed E-state index contributed by atoms with van der Waals surface area (Å²) >= 11 is 5.75. The maximum absolute atomic E-state index is 14.6. The van der Waals surface area contributed by atoms with E-state index in [4.69, 9.17) is 11.6 Å². The van der Waals surface area contributed by atoms with E-state index in [9.17, 15) is 22.0 Å². The monoisotopic (exact) mass is 411 g/mol. The summed E-state index contributed by atoms with van der Waals surface area (Å²) in [6.07, 6.45) is 2.62. The summed E-state index contributed by atoms with van der Waals surface area (Å²) in [6.45, 7) is -0.824. The molecule has 0 aliphatic carbocycles. The lowest BCUT2D eigenvalue weighted by atomic mass is 10.0. The molecule has 27 heavy (non-hydrogen) atoms. The number of nitrogens with zero attached hydrogens (tertiary/aromatic N) is 1. The van der Waals surface area contributed by atoms with Crippen LogP contribution >= 0.6 is 11.6 Å². The molecule has 0 unspecified atom stereocenters. The van der Waals surface area contributed by atoms with E-state index < -0.39 is 39.5 Å². The summed E-state index contributed by atoms with van der Waals surface area (Å²) in [6, 6.07) is 7.46. The van der Waals surface area contributed by atoms with Gasteiger partial charge in [-0.25, -0.2) is 26.9 Å². The van der Waals surface area contributed by atoms with Gasteiger partial charge >= 0.3 is 0 Å². The van der Waals surface area contributed by atoms with Crippen molar-refractivity contribution in [1.82, 2.24) is 14.7 Å². The lowest BCUT2D eigenvalue weighted by Crippen LogP contribution is -2.30. The smallest absolute Gasteiger partial charge is 0.241 e. The maximum atomic E-state index is 14.6. The molecule has 10 heteroatoms. The second-order valence-electron chi connectivity index (χ2n) is 5.45. The quantitative estimate of drug-likeness (QED) is 0.609. The number of imidazole rings is 1. The molecule has 6 nitrogen and oxygen atoms in total. The van der Waals surface area contributed by atoms with Gasteiger partial charge in [-0.05, 0) is 30.3 Å². The molecule has 0 atom stereocenters. The molecule has 0 aliphatic heterocycles. The van der Waals surface area contributed by atoms with E-state index in [1.807, 2.05) is 4.72 Å². The van der Waals surface area contributed by atoms with Crippen molar-refractivity contribution < 1.29 is 22.0 Å². The van der Waals surface area contributed by atoms with E-state index in [1.54, 1.807) is 0 Å². The number of nitrogens with one attached hydrogen (secondary N) is 2. The Morgan fingerprint density at radius 2 is 2.00 bits per heavy atom. The molecule has 1 heterocycles. The van der Waals surface area contributed by atoms with Gasteiger partial charge in [0, 0.05) is 10.6 Å². The van der Waals surface area contributed by atoms with Crippen LogP contribution in [0.15, 0.2) is 53.8 Å². The molecule has 0 radical (unpaired) electrons. The van der Waals surface area contributed by atoms with Crippen LogP contribution in [0.5, 0.6) is 0 Å². The van der Waals surface area contributed by atoms with Crippen LogP contribution < -0.4 is 4.72 Å². The highest BCUT2D eigenvalue weighted by molar-refractivity contribution is 7.89. The van der Waals surface area contributed by atoms with Gasteiger partial charge in [0.15, 0.2) is 5.78 Å². The summed E-state index contributed by atoms with van der Waals surface area (Å²) in [5.41, 5.74) is -0.646. The molecule has 0 saturated carbocycles. The van der Waals surface area contributed by atoms with Gasteiger partial charge in [0.25, 0.3) is 0 Å². The normalized spacial score (nSPS) is 11.5. The molecule has 3 rings (SSSR count). The Morgan fingerprint density at radius 3 is 2.67 bits per heavy atom. The van der Waals surface area contributed by atoms with Crippen molar-refractivity contribution in [3.05, 3.63) is 71.1 Å². The predicted octanol–water partition coefficient (Wildman–Crippen LogP) is 3.17. The molecule has 3 aromatic rings. The third kappa shape index (κ3) is 4.05. The first-order valence-electron chi connectivity index (χ1n) is 7.55. The molecule has 0 aliphatic rings. The number of aromatic amines is 1. The van der Waals surface area contributed by atoms with Crippen molar-refractivity contribution in [3.8, 4) is 11.3 Å². The van der Waals surface area contributed by atoms with Crippen LogP contribution in [0.3, 0.4) is 0 Å². The van der Waals surface area contributed by atoms with Crippen LogP contribution in [-0.4, -0.2) is 30.7 Å². The van der Waals surface area contributed by atoms with Gasteiger partial charge in [-0.2, -0.15) is 0 Å². The van der Waals surface area contributed by atoms with Crippen molar-refractivity contribution in [3.63, 3.8) is 0 Å². The fourth-order valence-corrected chi connectivity index (χ4v) is 3.67. The third-order valence-electron chi connectivity index (χ3n) is 3.69. The van der Waals surface area contributed by atoms with E-state index in [1.165, 1.54) is 36.8 Å². The highest BCUT2D eigenvalue weighted by atomic mass is 35.5. The molecule has 2 N–H and O–H groups in total. The molecule has 2 aromatic carbocycles. The van der Waals surface area contributed by atoms with Crippen molar-refractivity contribution >= 4 is 27.4 Å². The highest BCUT2D eigenvalue weighted by Crippen LogP contribution is 2.25. The van der Waals surface area contributed by atoms with E-state index >= 15 is 0 Å². The van der Waals surface area contributed by atoms with E-state index in [-0.39, 0.29) is 21.2 Å². The molecule has 1 aromatic heterocycles. The third-order valence-corrected chi connectivity index (χ3v) is 5.32. The SMILES string of the molecule is O=C(CNS(=O)(=O)c1cccc(Cl)c1)c1c(F)ccc(-c2cnc[nH]2)c1F. The summed E-state index contributed by atoms with van der Waals surface area (Å²) in [5, 5.41) is 0.188. The average Bonchev–Trinajstić information content (AvgIpc) is 3.14. The molecular weight excluding hydrogens is 400 g/mol. The Morgan fingerprint density at radius 1 is 1.22 bits per heavy atom. The maximum Gasteiger partial charge on any atom is 0.241 e. The summed E-state index contributed by atoms with van der Waals surface area (Å²) in [5.74, 6) is -3.26. The zero-order valence-electron chi connectivity index (χ0n) is 13.5. The van der Waals surface area contributed by atoms with Gasteiger partial charge < -0.3 is 4.98 Å². The fourth-order valence-electron chi connectivity index (χ4n) is 2.39. The number of sulfonamides is 1. The first-order chi connectivity index (χ1) is 12.8. The molecule has 140 valence electrons. The van der Waals surface area contributed by atoms with Gasteiger partial charge in [0.05, 0.1) is 35.2 Å². The molecule has 0 fully saturated rings. The van der Waals surface area contributed by atoms with Gasteiger partial charge in [-0.3, -0.25) is 4.79 Å². The van der Waals surface area contributed by atoms with E-state index in [0.717, 1.165) is 12.1 Å². The second-order valence-corrected chi connectivity index (χ2v) is 7.66. The Hall–Kier alpha value is -2.62. The number of aromatic nitrogens is 2. The Bertz CT molecular complexity index is 1100. The number of halogens is 3. The standard InChI is InChI=1S/C17H12ClF2N3O3S/c18-10-2-1-3-11(6-10)27(25,26)23-8-15(24)16-13(19)5-4-12(17(16)20)14-7-21-9-22-14/h1-7,9,23H,8H2,(H,21,22). The zero-order valence-corrected chi connectivity index (χ0v) is 15.1. The van der Waals surface area contributed by atoms with Crippen molar-refractivity contribution in [2.45, 2.75) is 4.90 Å². The number of Topliss-reactive ketones (excluding diaryl/α,β-unsaturated/α-hetero) is 1. The van der Waals surface area contributed by atoms with Gasteiger partial charge in [0.1, 0.15) is 11.6 Å². The van der Waals surface area contributed by atoms with Crippen LogP contribution in [0.25, 0.3) is 11.3 Å². The second kappa shape index (κ2) is 7.55. The molecule has 0 saturated heterocycles. The number of hydrogen-bond acceptors (Lipinski definition) is 4. The largest absolute Gasteiger partial charge is 0.345 e. The fraction of sp³-hybridized carbons (Fsp3) is 0.0588. The van der Waals surface area contributed by atoms with E-state index in [0.29, 0.717) is 0 Å². The van der Waals surface area contributed by atoms with Crippen LogP contribution in [0.2, 0.25) is 5.02 Å². The molecular formula is C17H12ClF2N3O3S. The number of benzene rings is 2. The van der Waals surface area contributed by atoms with Crippen molar-refractivity contribution in [1.29, 1.82) is 0 Å². The lowest BCUT2D eigenvalue weighted by Gasteiger charge is -2.10. The zero-order chi connectivity index (χ0) is 19.6. The predicted molar refractivity (Wildman–Crippen MR) is 94.9 cm³/mol. The van der Waals surface area contributed by atoms with Crippen molar-refractivity contribution in [2.75, 3.05) is 6.54 Å².